The minimum absolute atomic E-state index is 0.446. The van der Waals surface area contributed by atoms with E-state index in [-0.39, 0.29) is 0 Å². The van der Waals surface area contributed by atoms with Crippen molar-refractivity contribution in [3.8, 4) is 16.8 Å². The van der Waals surface area contributed by atoms with Crippen molar-refractivity contribution >= 4 is 17.3 Å². The van der Waals surface area contributed by atoms with Crippen LogP contribution < -0.4 is 4.90 Å². The van der Waals surface area contributed by atoms with Crippen LogP contribution in [0, 0.1) is 11.3 Å². The van der Waals surface area contributed by atoms with E-state index < -0.39 is 0 Å². The van der Waals surface area contributed by atoms with Crippen molar-refractivity contribution in [2.75, 3.05) is 18.0 Å². The summed E-state index contributed by atoms with van der Waals surface area (Å²) < 4.78 is 5.26. The summed E-state index contributed by atoms with van der Waals surface area (Å²) in [4.78, 5) is 7.29. The first-order valence-corrected chi connectivity index (χ1v) is 6.83. The lowest BCUT2D eigenvalue weighted by Gasteiger charge is -2.24. The van der Waals surface area contributed by atoms with Gasteiger partial charge in [-0.15, -0.1) is 11.3 Å². The topological polar surface area (TPSA) is 66.0 Å². The highest BCUT2D eigenvalue weighted by Crippen LogP contribution is 2.29. The fourth-order valence-corrected chi connectivity index (χ4v) is 2.86. The molecular formula is C12H12N4OS. The Bertz CT molecular complexity index is 577. The zero-order valence-corrected chi connectivity index (χ0v) is 10.6. The van der Waals surface area contributed by atoms with Gasteiger partial charge in [0.1, 0.15) is 10.9 Å². The quantitative estimate of drug-likeness (QED) is 0.830. The van der Waals surface area contributed by atoms with E-state index in [2.05, 4.69) is 21.1 Å². The lowest BCUT2D eigenvalue weighted by Crippen LogP contribution is -2.30. The molecule has 0 spiro atoms. The van der Waals surface area contributed by atoms with Crippen molar-refractivity contribution in [2.24, 2.45) is 0 Å². The van der Waals surface area contributed by atoms with Gasteiger partial charge in [-0.05, 0) is 35.9 Å². The maximum Gasteiger partial charge on any atom is 0.270 e. The first-order valence-electron chi connectivity index (χ1n) is 5.95. The Balaban J connectivity index is 1.87. The van der Waals surface area contributed by atoms with Gasteiger partial charge in [-0.25, -0.2) is 0 Å². The smallest absolute Gasteiger partial charge is 0.270 e. The lowest BCUT2D eigenvalue weighted by molar-refractivity contribution is 0.427. The molecule has 92 valence electrons. The molecule has 1 aliphatic rings. The van der Waals surface area contributed by atoms with Crippen LogP contribution in [0.5, 0.6) is 0 Å². The predicted octanol–water partition coefficient (Wildman–Crippen LogP) is 2.66. The Morgan fingerprint density at radius 3 is 2.94 bits per heavy atom. The minimum atomic E-state index is 0.446. The number of aromatic nitrogens is 2. The average Bonchev–Trinajstić information content (AvgIpc) is 3.08. The van der Waals surface area contributed by atoms with Gasteiger partial charge < -0.3 is 9.42 Å². The van der Waals surface area contributed by atoms with Gasteiger partial charge in [0.2, 0.25) is 0 Å². The first-order chi connectivity index (χ1) is 8.88. The van der Waals surface area contributed by atoms with Gasteiger partial charge in [-0.2, -0.15) is 10.2 Å². The predicted molar refractivity (Wildman–Crippen MR) is 68.4 cm³/mol. The monoisotopic (exact) mass is 260 g/mol. The van der Waals surface area contributed by atoms with Gasteiger partial charge in [0.05, 0.1) is 5.56 Å². The summed E-state index contributed by atoms with van der Waals surface area (Å²) in [6, 6.07) is 3.90. The minimum Gasteiger partial charge on any atom is -0.338 e. The maximum atomic E-state index is 8.98. The van der Waals surface area contributed by atoms with Gasteiger partial charge in [0.25, 0.3) is 11.8 Å². The largest absolute Gasteiger partial charge is 0.338 e. The second kappa shape index (κ2) is 4.78. The zero-order valence-electron chi connectivity index (χ0n) is 9.80. The normalized spacial score (nSPS) is 15.6. The molecule has 5 nitrogen and oxygen atoms in total. The molecule has 18 heavy (non-hydrogen) atoms. The van der Waals surface area contributed by atoms with E-state index in [0.717, 1.165) is 18.0 Å². The van der Waals surface area contributed by atoms with E-state index in [1.165, 1.54) is 30.6 Å². The molecule has 3 rings (SSSR count). The van der Waals surface area contributed by atoms with Crippen molar-refractivity contribution in [3.63, 3.8) is 0 Å². The third kappa shape index (κ3) is 1.97. The molecule has 0 N–H and O–H groups in total. The molecular weight excluding hydrogens is 248 g/mol. The van der Waals surface area contributed by atoms with Crippen molar-refractivity contribution in [2.45, 2.75) is 19.3 Å². The van der Waals surface area contributed by atoms with Crippen molar-refractivity contribution in [1.82, 2.24) is 10.1 Å². The number of thiophene rings is 1. The molecule has 0 aromatic carbocycles. The molecule has 0 saturated carbocycles. The Labute approximate surface area is 109 Å². The van der Waals surface area contributed by atoms with Gasteiger partial charge in [-0.3, -0.25) is 0 Å². The molecule has 3 heterocycles. The lowest BCUT2D eigenvalue weighted by atomic mass is 10.1. The van der Waals surface area contributed by atoms with Crippen LogP contribution in [0.2, 0.25) is 0 Å². The van der Waals surface area contributed by atoms with Crippen LogP contribution >= 0.6 is 11.3 Å². The summed E-state index contributed by atoms with van der Waals surface area (Å²) in [6.07, 6.45) is 3.61. The van der Waals surface area contributed by atoms with E-state index in [9.17, 15) is 0 Å². The molecule has 6 heteroatoms. The maximum absolute atomic E-state index is 8.98. The molecule has 0 bridgehead atoms. The molecule has 0 amide bonds. The summed E-state index contributed by atoms with van der Waals surface area (Å²) in [7, 11) is 0. The number of nitriles is 1. The molecule has 2 aromatic heterocycles. The molecule has 2 aromatic rings. The van der Waals surface area contributed by atoms with Crippen molar-refractivity contribution in [1.29, 1.82) is 5.26 Å². The van der Waals surface area contributed by atoms with Gasteiger partial charge in [0.15, 0.2) is 0 Å². The van der Waals surface area contributed by atoms with Gasteiger partial charge in [0, 0.05) is 13.1 Å². The number of anilines is 1. The Kier molecular flexibility index (Phi) is 2.99. The van der Waals surface area contributed by atoms with Crippen LogP contribution in [0.25, 0.3) is 10.8 Å². The SMILES string of the molecule is N#Cc1ccsc1-c1nc(N2CCCCC2)no1. The van der Waals surface area contributed by atoms with E-state index >= 15 is 0 Å². The average molecular weight is 260 g/mol. The second-order valence-electron chi connectivity index (χ2n) is 4.22. The Morgan fingerprint density at radius 2 is 2.17 bits per heavy atom. The Morgan fingerprint density at radius 1 is 1.33 bits per heavy atom. The molecule has 0 atom stereocenters. The summed E-state index contributed by atoms with van der Waals surface area (Å²) >= 11 is 1.45. The molecule has 0 radical (unpaired) electrons. The third-order valence-electron chi connectivity index (χ3n) is 3.03. The van der Waals surface area contributed by atoms with Crippen LogP contribution in [0.4, 0.5) is 5.95 Å². The molecule has 1 aliphatic heterocycles. The van der Waals surface area contributed by atoms with E-state index in [4.69, 9.17) is 9.78 Å². The highest BCUT2D eigenvalue weighted by Gasteiger charge is 2.19. The van der Waals surface area contributed by atoms with Crippen molar-refractivity contribution < 1.29 is 4.52 Å². The molecule has 0 aliphatic carbocycles. The fourth-order valence-electron chi connectivity index (χ4n) is 2.09. The third-order valence-corrected chi connectivity index (χ3v) is 3.94. The first kappa shape index (κ1) is 11.2. The van der Waals surface area contributed by atoms with Crippen molar-refractivity contribution in [3.05, 3.63) is 17.0 Å². The van der Waals surface area contributed by atoms with Crippen LogP contribution in [0.1, 0.15) is 24.8 Å². The summed E-state index contributed by atoms with van der Waals surface area (Å²) in [5, 5.41) is 14.8. The van der Waals surface area contributed by atoms with Gasteiger partial charge >= 0.3 is 0 Å². The van der Waals surface area contributed by atoms with Crippen LogP contribution in [0.3, 0.4) is 0 Å². The highest BCUT2D eigenvalue weighted by atomic mass is 32.1. The van der Waals surface area contributed by atoms with Gasteiger partial charge in [-0.1, -0.05) is 0 Å². The number of hydrogen-bond donors (Lipinski definition) is 0. The highest BCUT2D eigenvalue weighted by molar-refractivity contribution is 7.13. The summed E-state index contributed by atoms with van der Waals surface area (Å²) in [6.45, 7) is 1.96. The number of rotatable bonds is 2. The molecule has 1 saturated heterocycles. The Hall–Kier alpha value is -1.87. The summed E-state index contributed by atoms with van der Waals surface area (Å²) in [5.74, 6) is 1.09. The number of nitrogens with zero attached hydrogens (tertiary/aromatic N) is 4. The van der Waals surface area contributed by atoms with Crippen LogP contribution in [-0.4, -0.2) is 23.2 Å². The van der Waals surface area contributed by atoms with E-state index in [0.29, 0.717) is 17.4 Å². The number of piperidine rings is 1. The zero-order chi connectivity index (χ0) is 12.4. The van der Waals surface area contributed by atoms with Crippen LogP contribution in [-0.2, 0) is 0 Å². The van der Waals surface area contributed by atoms with Crippen LogP contribution in [0.15, 0.2) is 16.0 Å². The molecule has 1 fully saturated rings. The summed E-state index contributed by atoms with van der Waals surface area (Å²) in [5.41, 5.74) is 0.592. The standard InChI is InChI=1S/C12H12N4OS/c13-8-9-4-7-18-10(9)11-14-12(15-17-11)16-5-2-1-3-6-16/h4,7H,1-3,5-6H2. The molecule has 0 unspecified atom stereocenters. The number of hydrogen-bond acceptors (Lipinski definition) is 6. The fraction of sp³-hybridized carbons (Fsp3) is 0.417. The van der Waals surface area contributed by atoms with E-state index in [1.807, 2.05) is 5.38 Å². The van der Waals surface area contributed by atoms with E-state index in [1.54, 1.807) is 6.07 Å². The second-order valence-corrected chi connectivity index (χ2v) is 5.14.